The molecule has 13 heavy (non-hydrogen) atoms. The monoisotopic (exact) mass is 177 g/mol. The van der Waals surface area contributed by atoms with Crippen LogP contribution in [0, 0.1) is 5.82 Å². The van der Waals surface area contributed by atoms with Crippen LogP contribution in [0.1, 0.15) is 13.3 Å². The van der Waals surface area contributed by atoms with E-state index in [9.17, 15) is 4.39 Å². The quantitative estimate of drug-likeness (QED) is 0.664. The molecule has 0 bridgehead atoms. The maximum Gasteiger partial charge on any atom is 0.147 e. The number of aryl methyl sites for hydroxylation is 1. The van der Waals surface area contributed by atoms with Crippen LogP contribution in [0.25, 0.3) is 10.9 Å². The fraction of sp³-hybridized carbons (Fsp3) is 0.273. The summed E-state index contributed by atoms with van der Waals surface area (Å²) in [7, 11) is 0. The average molecular weight is 177 g/mol. The minimum absolute atomic E-state index is 0.129. The maximum absolute atomic E-state index is 13.4. The van der Waals surface area contributed by atoms with Gasteiger partial charge in [-0.15, -0.1) is 0 Å². The number of hydrogen-bond acceptors (Lipinski definition) is 0. The van der Waals surface area contributed by atoms with Crippen molar-refractivity contribution in [3.8, 4) is 0 Å². The molecule has 0 amide bonds. The lowest BCUT2D eigenvalue weighted by atomic mass is 10.2. The van der Waals surface area contributed by atoms with Crippen LogP contribution in [-0.2, 0) is 6.54 Å². The molecule has 0 saturated carbocycles. The van der Waals surface area contributed by atoms with E-state index in [-0.39, 0.29) is 5.82 Å². The Morgan fingerprint density at radius 2 is 2.15 bits per heavy atom. The molecule has 2 rings (SSSR count). The van der Waals surface area contributed by atoms with Crippen LogP contribution >= 0.6 is 0 Å². The van der Waals surface area contributed by atoms with E-state index >= 15 is 0 Å². The van der Waals surface area contributed by atoms with Crippen molar-refractivity contribution in [3.05, 3.63) is 36.3 Å². The first-order valence-corrected chi connectivity index (χ1v) is 4.56. The fourth-order valence-corrected chi connectivity index (χ4v) is 1.64. The molecule has 0 unspecified atom stereocenters. The highest BCUT2D eigenvalue weighted by Gasteiger charge is 2.04. The number of aromatic nitrogens is 1. The molecule has 0 aliphatic heterocycles. The number of benzene rings is 1. The first-order chi connectivity index (χ1) is 6.33. The van der Waals surface area contributed by atoms with Gasteiger partial charge in [-0.05, 0) is 18.6 Å². The number of fused-ring (bicyclic) bond motifs is 1. The number of nitrogens with zero attached hydrogens (tertiary/aromatic N) is 1. The van der Waals surface area contributed by atoms with Crippen LogP contribution in [0.4, 0.5) is 4.39 Å². The molecule has 0 atom stereocenters. The van der Waals surface area contributed by atoms with Gasteiger partial charge in [-0.2, -0.15) is 0 Å². The SMILES string of the molecule is CCCn1ccc2cccc(F)c21. The minimum Gasteiger partial charge on any atom is -0.345 e. The summed E-state index contributed by atoms with van der Waals surface area (Å²) in [6.45, 7) is 2.97. The number of hydrogen-bond donors (Lipinski definition) is 0. The molecule has 0 aliphatic rings. The van der Waals surface area contributed by atoms with Gasteiger partial charge >= 0.3 is 0 Å². The Labute approximate surface area is 76.8 Å². The van der Waals surface area contributed by atoms with Gasteiger partial charge in [0, 0.05) is 18.1 Å². The molecule has 2 heteroatoms. The summed E-state index contributed by atoms with van der Waals surface area (Å²) < 4.78 is 15.3. The van der Waals surface area contributed by atoms with Crippen LogP contribution in [0.2, 0.25) is 0 Å². The summed E-state index contributed by atoms with van der Waals surface area (Å²) >= 11 is 0. The third-order valence-electron chi connectivity index (χ3n) is 2.20. The third kappa shape index (κ3) is 1.32. The minimum atomic E-state index is -0.129. The second-order valence-electron chi connectivity index (χ2n) is 3.19. The summed E-state index contributed by atoms with van der Waals surface area (Å²) in [5, 5.41) is 0.980. The van der Waals surface area contributed by atoms with E-state index < -0.39 is 0 Å². The molecule has 0 spiro atoms. The molecule has 0 fully saturated rings. The fourth-order valence-electron chi connectivity index (χ4n) is 1.64. The summed E-state index contributed by atoms with van der Waals surface area (Å²) in [4.78, 5) is 0. The Kier molecular flexibility index (Phi) is 2.05. The van der Waals surface area contributed by atoms with Gasteiger partial charge in [-0.3, -0.25) is 0 Å². The average Bonchev–Trinajstić information content (AvgIpc) is 2.51. The normalized spacial score (nSPS) is 10.9. The van der Waals surface area contributed by atoms with Crippen molar-refractivity contribution >= 4 is 10.9 Å². The lowest BCUT2D eigenvalue weighted by molar-refractivity contribution is 0.618. The van der Waals surface area contributed by atoms with Crippen LogP contribution < -0.4 is 0 Å². The number of rotatable bonds is 2. The maximum atomic E-state index is 13.4. The Bertz CT molecular complexity index is 417. The Balaban J connectivity index is 2.64. The van der Waals surface area contributed by atoms with Crippen LogP contribution in [0.15, 0.2) is 30.5 Å². The van der Waals surface area contributed by atoms with E-state index in [1.54, 1.807) is 6.07 Å². The highest BCUT2D eigenvalue weighted by molar-refractivity contribution is 5.80. The van der Waals surface area contributed by atoms with E-state index in [0.29, 0.717) is 0 Å². The first kappa shape index (κ1) is 8.30. The van der Waals surface area contributed by atoms with Crippen molar-refractivity contribution in [2.45, 2.75) is 19.9 Å². The lowest BCUT2D eigenvalue weighted by Crippen LogP contribution is -1.95. The highest BCUT2D eigenvalue weighted by Crippen LogP contribution is 2.19. The number of halogens is 1. The number of para-hydroxylation sites is 1. The standard InChI is InChI=1S/C11H12FN/c1-2-7-13-8-6-9-4-3-5-10(12)11(9)13/h3-6,8H,2,7H2,1H3. The molecule has 68 valence electrons. The van der Waals surface area contributed by atoms with E-state index in [4.69, 9.17) is 0 Å². The Hall–Kier alpha value is -1.31. The van der Waals surface area contributed by atoms with Gasteiger partial charge in [-0.1, -0.05) is 19.1 Å². The smallest absolute Gasteiger partial charge is 0.147 e. The summed E-state index contributed by atoms with van der Waals surface area (Å²) in [5.41, 5.74) is 0.726. The van der Waals surface area contributed by atoms with Crippen LogP contribution in [0.3, 0.4) is 0 Å². The van der Waals surface area contributed by atoms with Crippen molar-refractivity contribution < 1.29 is 4.39 Å². The van der Waals surface area contributed by atoms with E-state index in [1.807, 2.05) is 22.9 Å². The highest BCUT2D eigenvalue weighted by atomic mass is 19.1. The van der Waals surface area contributed by atoms with Crippen molar-refractivity contribution in [1.29, 1.82) is 0 Å². The Morgan fingerprint density at radius 3 is 2.92 bits per heavy atom. The molecule has 0 aliphatic carbocycles. The summed E-state index contributed by atoms with van der Waals surface area (Å²) in [5.74, 6) is -0.129. The lowest BCUT2D eigenvalue weighted by Gasteiger charge is -2.02. The van der Waals surface area contributed by atoms with Crippen molar-refractivity contribution in [3.63, 3.8) is 0 Å². The zero-order valence-corrected chi connectivity index (χ0v) is 7.63. The molecular formula is C11H12FN. The van der Waals surface area contributed by atoms with E-state index in [1.165, 1.54) is 6.07 Å². The zero-order chi connectivity index (χ0) is 9.26. The second kappa shape index (κ2) is 3.21. The van der Waals surface area contributed by atoms with Crippen molar-refractivity contribution in [2.75, 3.05) is 0 Å². The van der Waals surface area contributed by atoms with Crippen LogP contribution in [-0.4, -0.2) is 4.57 Å². The van der Waals surface area contributed by atoms with Crippen LogP contribution in [0.5, 0.6) is 0 Å². The van der Waals surface area contributed by atoms with E-state index in [2.05, 4.69) is 6.92 Å². The predicted molar refractivity (Wildman–Crippen MR) is 52.2 cm³/mol. The molecule has 1 nitrogen and oxygen atoms in total. The van der Waals surface area contributed by atoms with Gasteiger partial charge in [0.15, 0.2) is 0 Å². The molecular weight excluding hydrogens is 165 g/mol. The van der Waals surface area contributed by atoms with Crippen molar-refractivity contribution in [2.24, 2.45) is 0 Å². The van der Waals surface area contributed by atoms with E-state index in [0.717, 1.165) is 23.9 Å². The summed E-state index contributed by atoms with van der Waals surface area (Å²) in [6.07, 6.45) is 2.97. The van der Waals surface area contributed by atoms with Gasteiger partial charge < -0.3 is 4.57 Å². The predicted octanol–water partition coefficient (Wildman–Crippen LogP) is 3.19. The molecule has 1 heterocycles. The molecule has 2 aromatic rings. The van der Waals surface area contributed by atoms with Gasteiger partial charge in [0.25, 0.3) is 0 Å². The van der Waals surface area contributed by atoms with Crippen molar-refractivity contribution in [1.82, 2.24) is 4.57 Å². The molecule has 0 saturated heterocycles. The third-order valence-corrected chi connectivity index (χ3v) is 2.20. The second-order valence-corrected chi connectivity index (χ2v) is 3.19. The molecule has 0 radical (unpaired) electrons. The topological polar surface area (TPSA) is 4.93 Å². The van der Waals surface area contributed by atoms with Gasteiger partial charge in [0.1, 0.15) is 5.82 Å². The molecule has 0 N–H and O–H groups in total. The first-order valence-electron chi connectivity index (χ1n) is 4.56. The summed E-state index contributed by atoms with van der Waals surface area (Å²) in [6, 6.07) is 7.14. The molecule has 1 aromatic carbocycles. The van der Waals surface area contributed by atoms with Gasteiger partial charge in [0.2, 0.25) is 0 Å². The van der Waals surface area contributed by atoms with Gasteiger partial charge in [0.05, 0.1) is 5.52 Å². The van der Waals surface area contributed by atoms with Gasteiger partial charge in [-0.25, -0.2) is 4.39 Å². The largest absolute Gasteiger partial charge is 0.345 e. The Morgan fingerprint density at radius 1 is 1.31 bits per heavy atom. The molecule has 1 aromatic heterocycles. The zero-order valence-electron chi connectivity index (χ0n) is 7.63.